The number of carbonyl (C=O) groups excluding carboxylic acids is 2. The summed E-state index contributed by atoms with van der Waals surface area (Å²) in [5, 5.41) is 0. The molecule has 0 aliphatic rings. The number of nitrogens with zero attached hydrogens (tertiary/aromatic N) is 1. The van der Waals surface area contributed by atoms with Gasteiger partial charge in [0, 0.05) is 24.0 Å². The van der Waals surface area contributed by atoms with Gasteiger partial charge in [0.15, 0.2) is 5.78 Å². The second-order valence-electron chi connectivity index (χ2n) is 5.17. The van der Waals surface area contributed by atoms with Crippen molar-refractivity contribution in [1.82, 2.24) is 4.98 Å². The highest BCUT2D eigenvalue weighted by Crippen LogP contribution is 2.28. The van der Waals surface area contributed by atoms with E-state index in [9.17, 15) is 9.59 Å². The van der Waals surface area contributed by atoms with Gasteiger partial charge in [-0.05, 0) is 73.4 Å². The molecule has 0 aliphatic heterocycles. The van der Waals surface area contributed by atoms with Crippen LogP contribution in [-0.4, -0.2) is 23.3 Å². The third kappa shape index (κ3) is 4.13. The zero-order valence-electron chi connectivity index (χ0n) is 13.5. The number of ketones is 1. The molecule has 0 saturated heterocycles. The molecule has 0 fully saturated rings. The van der Waals surface area contributed by atoms with E-state index in [1.54, 1.807) is 19.3 Å². The van der Waals surface area contributed by atoms with Crippen molar-refractivity contribution in [1.29, 1.82) is 0 Å². The Morgan fingerprint density at radius 2 is 1.70 bits per heavy atom. The molecule has 0 spiro atoms. The summed E-state index contributed by atoms with van der Waals surface area (Å²) in [5.74, 6) is -0.728. The summed E-state index contributed by atoms with van der Waals surface area (Å²) < 4.78 is 4.77. The highest BCUT2D eigenvalue weighted by atomic mass is 16.5. The minimum Gasteiger partial charge on any atom is -0.463 e. The molecular weight excluding hydrogens is 290 g/mol. The fourth-order valence-electron chi connectivity index (χ4n) is 2.51. The molecule has 0 N–H and O–H groups in total. The van der Waals surface area contributed by atoms with Gasteiger partial charge in [-0.2, -0.15) is 0 Å². The number of hydrogen-bond acceptors (Lipinski definition) is 4. The molecule has 0 aliphatic carbocycles. The first kappa shape index (κ1) is 16.6. The van der Waals surface area contributed by atoms with Crippen LogP contribution in [0.25, 0.3) is 11.1 Å². The monoisotopic (exact) mass is 309 g/mol. The standard InChI is InChI=1S/C19H19NO3/c1-4-23-18(22)6-5-17(21)16-11-13(2)19(14(3)12-16)15-7-9-20-10-8-15/h5-12H,4H2,1-3H3. The van der Waals surface area contributed by atoms with E-state index in [4.69, 9.17) is 4.74 Å². The van der Waals surface area contributed by atoms with Crippen molar-refractivity contribution < 1.29 is 14.3 Å². The van der Waals surface area contributed by atoms with Crippen molar-refractivity contribution in [3.63, 3.8) is 0 Å². The lowest BCUT2D eigenvalue weighted by atomic mass is 9.93. The zero-order chi connectivity index (χ0) is 16.8. The molecule has 0 atom stereocenters. The molecule has 0 unspecified atom stereocenters. The van der Waals surface area contributed by atoms with Crippen LogP contribution >= 0.6 is 0 Å². The fourth-order valence-corrected chi connectivity index (χ4v) is 2.51. The van der Waals surface area contributed by atoms with E-state index < -0.39 is 5.97 Å². The number of esters is 1. The van der Waals surface area contributed by atoms with E-state index in [1.165, 1.54) is 6.08 Å². The van der Waals surface area contributed by atoms with Crippen molar-refractivity contribution in [3.8, 4) is 11.1 Å². The summed E-state index contributed by atoms with van der Waals surface area (Å²) in [7, 11) is 0. The molecule has 1 aromatic carbocycles. The van der Waals surface area contributed by atoms with E-state index in [0.717, 1.165) is 28.3 Å². The van der Waals surface area contributed by atoms with E-state index in [1.807, 2.05) is 38.1 Å². The molecule has 0 bridgehead atoms. The number of carbonyl (C=O) groups is 2. The van der Waals surface area contributed by atoms with Crippen LogP contribution < -0.4 is 0 Å². The van der Waals surface area contributed by atoms with E-state index in [0.29, 0.717) is 5.56 Å². The third-order valence-corrected chi connectivity index (χ3v) is 3.44. The molecule has 4 nitrogen and oxygen atoms in total. The van der Waals surface area contributed by atoms with Crippen molar-refractivity contribution in [2.75, 3.05) is 6.61 Å². The van der Waals surface area contributed by atoms with Gasteiger partial charge in [0.2, 0.25) is 0 Å². The maximum atomic E-state index is 12.2. The third-order valence-electron chi connectivity index (χ3n) is 3.44. The van der Waals surface area contributed by atoms with Gasteiger partial charge < -0.3 is 4.74 Å². The number of aryl methyl sites for hydroxylation is 2. The van der Waals surface area contributed by atoms with Gasteiger partial charge in [-0.25, -0.2) is 4.79 Å². The largest absolute Gasteiger partial charge is 0.463 e. The minimum atomic E-state index is -0.511. The molecule has 4 heteroatoms. The van der Waals surface area contributed by atoms with Gasteiger partial charge in [0.1, 0.15) is 0 Å². The summed E-state index contributed by atoms with van der Waals surface area (Å²) in [4.78, 5) is 27.5. The Hall–Kier alpha value is -2.75. The lowest BCUT2D eigenvalue weighted by molar-refractivity contribution is -0.137. The van der Waals surface area contributed by atoms with E-state index >= 15 is 0 Å². The van der Waals surface area contributed by atoms with Crippen molar-refractivity contribution in [3.05, 3.63) is 65.5 Å². The average molecular weight is 309 g/mol. The second kappa shape index (κ2) is 7.49. The normalized spacial score (nSPS) is 10.7. The van der Waals surface area contributed by atoms with Gasteiger partial charge in [-0.3, -0.25) is 9.78 Å². The quantitative estimate of drug-likeness (QED) is 0.480. The van der Waals surface area contributed by atoms with Crippen molar-refractivity contribution in [2.24, 2.45) is 0 Å². The number of hydrogen-bond donors (Lipinski definition) is 0. The summed E-state index contributed by atoms with van der Waals surface area (Å²) in [5.41, 5.74) is 4.72. The van der Waals surface area contributed by atoms with Crippen LogP contribution in [0, 0.1) is 13.8 Å². The van der Waals surface area contributed by atoms with Gasteiger partial charge in [-0.1, -0.05) is 0 Å². The Labute approximate surface area is 135 Å². The van der Waals surface area contributed by atoms with Gasteiger partial charge in [0.05, 0.1) is 6.61 Å². The summed E-state index contributed by atoms with van der Waals surface area (Å²) in [6.45, 7) is 5.94. The number of ether oxygens (including phenoxy) is 1. The number of rotatable bonds is 5. The Bertz CT molecular complexity index is 725. The topological polar surface area (TPSA) is 56.3 Å². The van der Waals surface area contributed by atoms with Crippen LogP contribution in [0.3, 0.4) is 0 Å². The smallest absolute Gasteiger partial charge is 0.330 e. The van der Waals surface area contributed by atoms with Crippen molar-refractivity contribution in [2.45, 2.75) is 20.8 Å². The van der Waals surface area contributed by atoms with Gasteiger partial charge in [0.25, 0.3) is 0 Å². The van der Waals surface area contributed by atoms with Gasteiger partial charge >= 0.3 is 5.97 Å². The predicted molar refractivity (Wildman–Crippen MR) is 89.3 cm³/mol. The Balaban J connectivity index is 2.30. The minimum absolute atomic E-state index is 0.217. The molecule has 2 aromatic rings. The first-order valence-electron chi connectivity index (χ1n) is 7.43. The maximum Gasteiger partial charge on any atom is 0.330 e. The van der Waals surface area contributed by atoms with Crippen molar-refractivity contribution >= 4 is 11.8 Å². The average Bonchev–Trinajstić information content (AvgIpc) is 2.53. The van der Waals surface area contributed by atoms with Crippen LogP contribution in [0.5, 0.6) is 0 Å². The number of pyridine rings is 1. The first-order chi connectivity index (χ1) is 11.0. The van der Waals surface area contributed by atoms with Crippen LogP contribution in [-0.2, 0) is 9.53 Å². The summed E-state index contributed by atoms with van der Waals surface area (Å²) >= 11 is 0. The van der Waals surface area contributed by atoms with Crippen LogP contribution in [0.1, 0.15) is 28.4 Å². The zero-order valence-corrected chi connectivity index (χ0v) is 13.5. The van der Waals surface area contributed by atoms with E-state index in [-0.39, 0.29) is 12.4 Å². The predicted octanol–water partition coefficient (Wildman–Crippen LogP) is 3.67. The summed E-state index contributed by atoms with van der Waals surface area (Å²) in [6, 6.07) is 7.55. The molecule has 118 valence electrons. The number of allylic oxidation sites excluding steroid dienone is 1. The molecule has 1 heterocycles. The Kier molecular flexibility index (Phi) is 5.41. The van der Waals surface area contributed by atoms with Crippen LogP contribution in [0.15, 0.2) is 48.8 Å². The lowest BCUT2D eigenvalue weighted by Crippen LogP contribution is -2.02. The van der Waals surface area contributed by atoms with Crippen LogP contribution in [0.4, 0.5) is 0 Å². The highest BCUT2D eigenvalue weighted by molar-refractivity contribution is 6.07. The first-order valence-corrected chi connectivity index (χ1v) is 7.43. The molecule has 2 rings (SSSR count). The number of aromatic nitrogens is 1. The molecule has 23 heavy (non-hydrogen) atoms. The molecule has 1 aromatic heterocycles. The molecule has 0 amide bonds. The molecule has 0 radical (unpaired) electrons. The molecular formula is C19H19NO3. The van der Waals surface area contributed by atoms with Gasteiger partial charge in [-0.15, -0.1) is 0 Å². The van der Waals surface area contributed by atoms with E-state index in [2.05, 4.69) is 4.98 Å². The Morgan fingerprint density at radius 3 is 2.26 bits per heavy atom. The Morgan fingerprint density at radius 1 is 1.09 bits per heavy atom. The SMILES string of the molecule is CCOC(=O)C=CC(=O)c1cc(C)c(-c2ccncc2)c(C)c1. The van der Waals surface area contributed by atoms with Crippen LogP contribution in [0.2, 0.25) is 0 Å². The number of benzene rings is 1. The second-order valence-corrected chi connectivity index (χ2v) is 5.17. The fraction of sp³-hybridized carbons (Fsp3) is 0.211. The lowest BCUT2D eigenvalue weighted by Gasteiger charge is -2.11. The maximum absolute atomic E-state index is 12.2. The summed E-state index contributed by atoms with van der Waals surface area (Å²) in [6.07, 6.45) is 5.90. The highest BCUT2D eigenvalue weighted by Gasteiger charge is 2.11. The molecule has 0 saturated carbocycles.